The van der Waals surface area contributed by atoms with Crippen LogP contribution in [0.2, 0.25) is 0 Å². The predicted octanol–water partition coefficient (Wildman–Crippen LogP) is -0.623. The van der Waals surface area contributed by atoms with Crippen LogP contribution in [0, 0.1) is 5.92 Å². The fourth-order valence-electron chi connectivity index (χ4n) is 3.14. The molecule has 2 unspecified atom stereocenters. The third-order valence-electron chi connectivity index (χ3n) is 4.49. The smallest absolute Gasteiger partial charge is 0.321 e. The van der Waals surface area contributed by atoms with Crippen molar-refractivity contribution in [2.24, 2.45) is 17.4 Å². The van der Waals surface area contributed by atoms with E-state index in [2.05, 4.69) is 0 Å². The summed E-state index contributed by atoms with van der Waals surface area (Å²) in [5.41, 5.74) is 11.7. The molecule has 1 aromatic carbocycles. The zero-order chi connectivity index (χ0) is 19.4. The van der Waals surface area contributed by atoms with E-state index in [0.717, 1.165) is 10.6 Å². The van der Waals surface area contributed by atoms with Gasteiger partial charge in [0, 0.05) is 31.4 Å². The zero-order valence-electron chi connectivity index (χ0n) is 14.2. The van der Waals surface area contributed by atoms with E-state index in [-0.39, 0.29) is 13.1 Å². The molecule has 142 valence electrons. The number of rotatable bonds is 6. The first-order chi connectivity index (χ1) is 12.3. The number of benzene rings is 1. The highest BCUT2D eigenvalue weighted by atomic mass is 16.5. The average Bonchev–Trinajstić information content (AvgIpc) is 2.61. The fraction of sp³-hybridized carbons (Fsp3) is 0.438. The number of methoxy groups -OCH3 is 1. The summed E-state index contributed by atoms with van der Waals surface area (Å²) in [5.74, 6) is -3.74. The number of amides is 2. The van der Waals surface area contributed by atoms with Gasteiger partial charge >= 0.3 is 18.0 Å². The Morgan fingerprint density at radius 1 is 1.23 bits per heavy atom. The molecule has 1 saturated heterocycles. The second-order valence-electron chi connectivity index (χ2n) is 5.97. The van der Waals surface area contributed by atoms with Gasteiger partial charge in [-0.15, -0.1) is 0 Å². The molecule has 1 aliphatic rings. The van der Waals surface area contributed by atoms with Crippen LogP contribution in [0.4, 0.5) is 10.5 Å². The predicted molar refractivity (Wildman–Crippen MR) is 92.0 cm³/mol. The molecule has 10 nitrogen and oxygen atoms in total. The highest BCUT2D eigenvalue weighted by molar-refractivity contribution is 5.84. The molecule has 10 heteroatoms. The molecule has 2 amide bonds. The minimum Gasteiger partial charge on any atom is -0.497 e. The van der Waals surface area contributed by atoms with Gasteiger partial charge in [0.25, 0.3) is 0 Å². The molecule has 2 rings (SSSR count). The Bertz CT molecular complexity index is 697. The van der Waals surface area contributed by atoms with Crippen LogP contribution in [-0.4, -0.2) is 71.9 Å². The number of carbonyl (C=O) groups is 3. The molecule has 6 N–H and O–H groups in total. The molecule has 3 atom stereocenters. The molecule has 0 spiro atoms. The summed E-state index contributed by atoms with van der Waals surface area (Å²) in [7, 11) is 1.53. The maximum Gasteiger partial charge on any atom is 0.321 e. The zero-order valence-corrected chi connectivity index (χ0v) is 14.2. The number of hydrogen-bond donors (Lipinski definition) is 4. The number of carboxylic acids is 2. The number of nitrogens with two attached hydrogens (primary N) is 2. The first kappa shape index (κ1) is 19.3. The first-order valence-corrected chi connectivity index (χ1v) is 7.92. The van der Waals surface area contributed by atoms with Gasteiger partial charge in [-0.05, 0) is 12.1 Å². The van der Waals surface area contributed by atoms with Crippen LogP contribution in [0.15, 0.2) is 24.3 Å². The summed E-state index contributed by atoms with van der Waals surface area (Å²) < 4.78 is 5.18. The molecule has 0 bridgehead atoms. The fourth-order valence-corrected chi connectivity index (χ4v) is 3.14. The van der Waals surface area contributed by atoms with Crippen LogP contribution in [0.5, 0.6) is 5.75 Å². The molecule has 0 aromatic heterocycles. The van der Waals surface area contributed by atoms with Crippen LogP contribution in [0.3, 0.4) is 0 Å². The lowest BCUT2D eigenvalue weighted by Gasteiger charge is -2.44. The third kappa shape index (κ3) is 3.97. The molecule has 1 aromatic rings. The molecule has 0 saturated carbocycles. The molecular formula is C16H22N4O6. The summed E-state index contributed by atoms with van der Waals surface area (Å²) in [6.07, 6.45) is 0. The summed E-state index contributed by atoms with van der Waals surface area (Å²) in [4.78, 5) is 37.7. The Morgan fingerprint density at radius 3 is 2.46 bits per heavy atom. The van der Waals surface area contributed by atoms with Gasteiger partial charge < -0.3 is 36.2 Å². The highest BCUT2D eigenvalue weighted by Gasteiger charge is 2.44. The van der Waals surface area contributed by atoms with Crippen molar-refractivity contribution in [3.05, 3.63) is 24.3 Å². The van der Waals surface area contributed by atoms with Crippen molar-refractivity contribution in [3.8, 4) is 5.75 Å². The molecule has 1 fully saturated rings. The highest BCUT2D eigenvalue weighted by Crippen LogP contribution is 2.27. The number of primary amides is 1. The van der Waals surface area contributed by atoms with Gasteiger partial charge in [0.2, 0.25) is 0 Å². The Labute approximate surface area is 149 Å². The van der Waals surface area contributed by atoms with Gasteiger partial charge in [0.05, 0.1) is 13.2 Å². The lowest BCUT2D eigenvalue weighted by molar-refractivity contribution is -0.152. The number of ether oxygens (including phenoxy) is 1. The Kier molecular flexibility index (Phi) is 5.88. The number of piperazine rings is 1. The quantitative estimate of drug-likeness (QED) is 0.518. The summed E-state index contributed by atoms with van der Waals surface area (Å²) >= 11 is 0. The number of urea groups is 1. The van der Waals surface area contributed by atoms with Gasteiger partial charge in [0.15, 0.2) is 0 Å². The summed E-state index contributed by atoms with van der Waals surface area (Å²) in [5, 5.41) is 18.7. The number of anilines is 1. The van der Waals surface area contributed by atoms with Crippen molar-refractivity contribution < 1.29 is 29.3 Å². The van der Waals surface area contributed by atoms with E-state index in [9.17, 15) is 19.5 Å². The lowest BCUT2D eigenvalue weighted by atomic mass is 9.89. The van der Waals surface area contributed by atoms with Gasteiger partial charge in [-0.3, -0.25) is 9.59 Å². The van der Waals surface area contributed by atoms with Crippen LogP contribution < -0.4 is 21.1 Å². The van der Waals surface area contributed by atoms with Crippen molar-refractivity contribution in [2.45, 2.75) is 12.1 Å². The standard InChI is InChI=1S/C16H22N4O6/c1-26-10-4-2-3-9(7-10)19-5-6-20(16(18)25)11(8-19)12(14(21)22)13(17)15(23)24/h2-4,7,11-13H,5-6,8,17H2,1H3,(H2,18,25)(H,21,22)(H,23,24)/t11?,12?,13-/m0/s1. The number of carboxylic acid groups (broad SMARTS) is 2. The molecule has 0 aliphatic carbocycles. The van der Waals surface area contributed by atoms with Gasteiger partial charge in [-0.2, -0.15) is 0 Å². The molecule has 26 heavy (non-hydrogen) atoms. The maximum absolute atomic E-state index is 11.8. The van der Waals surface area contributed by atoms with E-state index in [1.54, 1.807) is 18.2 Å². The first-order valence-electron chi connectivity index (χ1n) is 7.92. The van der Waals surface area contributed by atoms with E-state index in [4.69, 9.17) is 21.3 Å². The molecule has 1 heterocycles. The second-order valence-corrected chi connectivity index (χ2v) is 5.97. The largest absolute Gasteiger partial charge is 0.497 e. The molecule has 1 aliphatic heterocycles. The van der Waals surface area contributed by atoms with Crippen LogP contribution in [-0.2, 0) is 9.59 Å². The van der Waals surface area contributed by atoms with Crippen molar-refractivity contribution in [3.63, 3.8) is 0 Å². The van der Waals surface area contributed by atoms with E-state index >= 15 is 0 Å². The number of hydrogen-bond acceptors (Lipinski definition) is 6. The number of carbonyl (C=O) groups excluding carboxylic acids is 1. The minimum absolute atomic E-state index is 0.0774. The van der Waals surface area contributed by atoms with Crippen molar-refractivity contribution in [1.82, 2.24) is 4.90 Å². The molecular weight excluding hydrogens is 344 g/mol. The monoisotopic (exact) mass is 366 g/mol. The maximum atomic E-state index is 11.8. The number of nitrogens with zero attached hydrogens (tertiary/aromatic N) is 2. The topological polar surface area (TPSA) is 159 Å². The van der Waals surface area contributed by atoms with Gasteiger partial charge in [0.1, 0.15) is 17.7 Å². The van der Waals surface area contributed by atoms with Crippen molar-refractivity contribution >= 4 is 23.7 Å². The number of aliphatic carboxylic acids is 2. The Balaban J connectivity index is 2.36. The van der Waals surface area contributed by atoms with Crippen LogP contribution in [0.1, 0.15) is 0 Å². The normalized spacial score (nSPS) is 19.5. The SMILES string of the molecule is COc1cccc(N2CCN(C(N)=O)C(C(C(=O)O)[C@H](N)C(=O)O)C2)c1. The summed E-state index contributed by atoms with van der Waals surface area (Å²) in [6.45, 7) is 0.628. The molecule has 0 radical (unpaired) electrons. The van der Waals surface area contributed by atoms with E-state index in [0.29, 0.717) is 12.3 Å². The van der Waals surface area contributed by atoms with E-state index < -0.39 is 36.0 Å². The van der Waals surface area contributed by atoms with E-state index in [1.807, 2.05) is 11.0 Å². The van der Waals surface area contributed by atoms with Crippen molar-refractivity contribution in [1.29, 1.82) is 0 Å². The van der Waals surface area contributed by atoms with E-state index in [1.165, 1.54) is 7.11 Å². The van der Waals surface area contributed by atoms with Crippen LogP contribution in [0.25, 0.3) is 0 Å². The minimum atomic E-state index is -1.68. The van der Waals surface area contributed by atoms with Gasteiger partial charge in [-0.1, -0.05) is 6.07 Å². The second kappa shape index (κ2) is 7.91. The van der Waals surface area contributed by atoms with Crippen LogP contribution >= 0.6 is 0 Å². The average molecular weight is 366 g/mol. The van der Waals surface area contributed by atoms with Crippen molar-refractivity contribution in [2.75, 3.05) is 31.6 Å². The Hall–Kier alpha value is -3.01. The summed E-state index contributed by atoms with van der Waals surface area (Å²) in [6, 6.07) is 3.64. The van der Waals surface area contributed by atoms with Gasteiger partial charge in [-0.25, -0.2) is 4.79 Å². The lowest BCUT2D eigenvalue weighted by Crippen LogP contribution is -2.64. The third-order valence-corrected chi connectivity index (χ3v) is 4.49. The Morgan fingerprint density at radius 2 is 1.92 bits per heavy atom.